The van der Waals surface area contributed by atoms with Crippen molar-refractivity contribution in [3.05, 3.63) is 70.4 Å². The van der Waals surface area contributed by atoms with E-state index < -0.39 is 36.3 Å². The molecule has 13 heteroatoms. The van der Waals surface area contributed by atoms with E-state index in [0.717, 1.165) is 58.2 Å². The van der Waals surface area contributed by atoms with Gasteiger partial charge in [0.1, 0.15) is 29.8 Å². The first-order valence-electron chi connectivity index (χ1n) is 18.9. The number of rotatable bonds is 14. The van der Waals surface area contributed by atoms with Gasteiger partial charge >= 0.3 is 5.97 Å². The van der Waals surface area contributed by atoms with Gasteiger partial charge in [-0.3, -0.25) is 14.4 Å². The smallest absolute Gasteiger partial charge is 0.302 e. The van der Waals surface area contributed by atoms with Crippen LogP contribution in [0.15, 0.2) is 36.4 Å². The Kier molecular flexibility index (Phi) is 12.2. The summed E-state index contributed by atoms with van der Waals surface area (Å²) in [4.78, 5) is 46.4. The van der Waals surface area contributed by atoms with Gasteiger partial charge in [-0.1, -0.05) is 13.0 Å². The first-order valence-corrected chi connectivity index (χ1v) is 18.9. The molecular weight excluding hydrogens is 696 g/mol. The molecule has 0 saturated carbocycles. The number of aromatic amines is 1. The summed E-state index contributed by atoms with van der Waals surface area (Å²) < 4.78 is 45.7. The number of aromatic nitrogens is 1. The van der Waals surface area contributed by atoms with Gasteiger partial charge in [0.15, 0.2) is 0 Å². The number of carbonyl (C=O) groups is 3. The summed E-state index contributed by atoms with van der Waals surface area (Å²) in [7, 11) is 3.03. The van der Waals surface area contributed by atoms with E-state index in [1.807, 2.05) is 4.90 Å². The lowest BCUT2D eigenvalue weighted by Gasteiger charge is -2.31. The number of H-pyrrole nitrogens is 1. The predicted octanol–water partition coefficient (Wildman–Crippen LogP) is 4.73. The molecule has 0 radical (unpaired) electrons. The van der Waals surface area contributed by atoms with Crippen LogP contribution in [0.5, 0.6) is 0 Å². The number of nitrogens with zero attached hydrogens (tertiary/aromatic N) is 2. The fourth-order valence-corrected chi connectivity index (χ4v) is 8.79. The summed E-state index contributed by atoms with van der Waals surface area (Å²) in [6, 6.07) is 7.27. The highest BCUT2D eigenvalue weighted by Gasteiger charge is 2.43. The maximum Gasteiger partial charge on any atom is 0.302 e. The van der Waals surface area contributed by atoms with E-state index >= 15 is 0 Å². The normalized spacial score (nSPS) is 22.9. The number of fused-ring (bicyclic) bond motifs is 2. The fourth-order valence-electron chi connectivity index (χ4n) is 8.79. The number of aryl methyl sites for hydroxylation is 1. The quantitative estimate of drug-likeness (QED) is 0.200. The zero-order chi connectivity index (χ0) is 38.8. The Morgan fingerprint density at radius 2 is 1.69 bits per heavy atom. The Morgan fingerprint density at radius 1 is 0.981 bits per heavy atom. The van der Waals surface area contributed by atoms with Gasteiger partial charge in [0.05, 0.1) is 18.8 Å². The summed E-state index contributed by atoms with van der Waals surface area (Å²) >= 11 is 0. The number of benzene rings is 2. The van der Waals surface area contributed by atoms with E-state index in [4.69, 9.17) is 25.7 Å². The number of nitrogens with two attached hydrogens (primary N) is 2. The highest BCUT2D eigenvalue weighted by atomic mass is 19.1. The Morgan fingerprint density at radius 3 is 2.41 bits per heavy atom. The molecule has 0 unspecified atom stereocenters. The first kappa shape index (κ1) is 39.5. The molecule has 2 fully saturated rings. The molecule has 7 atom stereocenters. The minimum Gasteiger partial charge on any atom is -0.460 e. The van der Waals surface area contributed by atoms with Gasteiger partial charge in [0, 0.05) is 69.7 Å². The molecule has 2 aliphatic heterocycles. The van der Waals surface area contributed by atoms with Crippen LogP contribution < -0.4 is 11.5 Å². The van der Waals surface area contributed by atoms with Gasteiger partial charge in [-0.05, 0) is 103 Å². The molecule has 11 nitrogen and oxygen atoms in total. The SMILES string of the molecule is COC[C@H](N)C(=O)N1CC[C@H](OC(C)=O)[C@H]1CC1=C(c2[nH]c3cc(F)ccc3c2CCC[C@@H]2[C@@H](C)CCN2C(=O)[C@@H](N)[C@@H](C)OC)Cc2cc(F)ccc21. The van der Waals surface area contributed by atoms with Crippen LogP contribution in [0.25, 0.3) is 22.0 Å². The van der Waals surface area contributed by atoms with Gasteiger partial charge in [0.2, 0.25) is 11.8 Å². The maximum atomic E-state index is 14.8. The molecule has 2 saturated heterocycles. The Hall–Kier alpha value is -4.17. The summed E-state index contributed by atoms with van der Waals surface area (Å²) in [6.07, 6.45) is 3.19. The van der Waals surface area contributed by atoms with E-state index in [2.05, 4.69) is 11.9 Å². The third kappa shape index (κ3) is 7.95. The lowest BCUT2D eigenvalue weighted by Crippen LogP contribution is -2.51. The fraction of sp³-hybridized carbons (Fsp3) is 0.537. The van der Waals surface area contributed by atoms with Crippen molar-refractivity contribution in [2.24, 2.45) is 17.4 Å². The third-order valence-corrected chi connectivity index (χ3v) is 11.7. The van der Waals surface area contributed by atoms with Gasteiger partial charge < -0.3 is 40.5 Å². The average molecular weight is 750 g/mol. The Bertz CT molecular complexity index is 1910. The molecule has 2 aromatic carbocycles. The number of likely N-dealkylation sites (tertiary alicyclic amines) is 2. The number of carbonyl (C=O) groups excluding carboxylic acids is 3. The van der Waals surface area contributed by atoms with Gasteiger partial charge in [-0.15, -0.1) is 0 Å². The molecular formula is C41H53F2N5O6. The van der Waals surface area contributed by atoms with Crippen LogP contribution in [-0.4, -0.2) is 103 Å². The molecule has 3 aromatic rings. The predicted molar refractivity (Wildman–Crippen MR) is 202 cm³/mol. The number of halogens is 2. The molecule has 2 amide bonds. The van der Waals surface area contributed by atoms with Crippen molar-refractivity contribution < 1.29 is 37.4 Å². The molecule has 1 aliphatic carbocycles. The molecule has 0 spiro atoms. The second-order valence-corrected chi connectivity index (χ2v) is 15.1. The number of methoxy groups -OCH3 is 2. The van der Waals surface area contributed by atoms with Crippen molar-refractivity contribution in [1.29, 1.82) is 0 Å². The second kappa shape index (κ2) is 16.7. The van der Waals surface area contributed by atoms with E-state index in [-0.39, 0.29) is 36.1 Å². The number of hydrogen-bond acceptors (Lipinski definition) is 8. The Balaban J connectivity index is 1.37. The maximum absolute atomic E-state index is 14.8. The second-order valence-electron chi connectivity index (χ2n) is 15.1. The molecule has 1 aromatic heterocycles. The Labute approximate surface area is 315 Å². The van der Waals surface area contributed by atoms with E-state index in [9.17, 15) is 23.2 Å². The molecule has 3 heterocycles. The van der Waals surface area contributed by atoms with Crippen LogP contribution in [0.2, 0.25) is 0 Å². The summed E-state index contributed by atoms with van der Waals surface area (Å²) in [5.74, 6) is -1.30. The average Bonchev–Trinajstić information content (AvgIpc) is 3.90. The zero-order valence-electron chi connectivity index (χ0n) is 31.8. The van der Waals surface area contributed by atoms with Crippen LogP contribution in [0.4, 0.5) is 8.78 Å². The van der Waals surface area contributed by atoms with Crippen LogP contribution >= 0.6 is 0 Å². The van der Waals surface area contributed by atoms with Crippen molar-refractivity contribution in [3.63, 3.8) is 0 Å². The molecule has 3 aliphatic rings. The first-order chi connectivity index (χ1) is 25.8. The highest BCUT2D eigenvalue weighted by Crippen LogP contribution is 2.45. The van der Waals surface area contributed by atoms with Crippen molar-refractivity contribution in [3.8, 4) is 0 Å². The number of hydrogen-bond donors (Lipinski definition) is 3. The van der Waals surface area contributed by atoms with Crippen molar-refractivity contribution in [2.75, 3.05) is 33.9 Å². The molecule has 0 bridgehead atoms. The van der Waals surface area contributed by atoms with Crippen LogP contribution in [0.1, 0.15) is 75.3 Å². The van der Waals surface area contributed by atoms with Gasteiger partial charge in [0.25, 0.3) is 0 Å². The largest absolute Gasteiger partial charge is 0.460 e. The van der Waals surface area contributed by atoms with Crippen LogP contribution in [-0.2, 0) is 41.4 Å². The third-order valence-electron chi connectivity index (χ3n) is 11.7. The minimum atomic E-state index is -0.893. The standard InChI is InChI=1S/C41H53F2N5O6/c1-22-13-15-47(41(51)38(45)23(2)53-5)35(22)8-6-7-30-29-12-10-27(43)19-34(29)46-39(30)32-18-25-17-26(42)9-11-28(25)31(32)20-36-37(54-24(3)49)14-16-48(36)40(50)33(44)21-52-4/h9-12,17,19,22-23,33,35-38,46H,6-8,13-16,18,20-21,44-45H2,1-5H3/t22-,23+,33-,35+,36+,37-,38-/m0/s1. The van der Waals surface area contributed by atoms with Gasteiger partial charge in [-0.25, -0.2) is 8.78 Å². The molecule has 5 N–H and O–H groups in total. The molecule has 6 rings (SSSR count). The number of esters is 1. The number of ether oxygens (including phenoxy) is 3. The van der Waals surface area contributed by atoms with Crippen LogP contribution in [0, 0.1) is 17.6 Å². The van der Waals surface area contributed by atoms with Crippen LogP contribution in [0.3, 0.4) is 0 Å². The molecule has 54 heavy (non-hydrogen) atoms. The van der Waals surface area contributed by atoms with E-state index in [0.29, 0.717) is 50.2 Å². The number of allylic oxidation sites excluding steroid dienone is 1. The summed E-state index contributed by atoms with van der Waals surface area (Å²) in [5, 5.41) is 0.879. The minimum absolute atomic E-state index is 0.0146. The van der Waals surface area contributed by atoms with Gasteiger partial charge in [-0.2, -0.15) is 0 Å². The zero-order valence-corrected chi connectivity index (χ0v) is 31.8. The highest BCUT2D eigenvalue weighted by molar-refractivity contribution is 6.01. The number of nitrogens with one attached hydrogen (secondary N) is 1. The lowest BCUT2D eigenvalue weighted by atomic mass is 9.91. The van der Waals surface area contributed by atoms with Crippen molar-refractivity contribution in [1.82, 2.24) is 14.8 Å². The molecule has 292 valence electrons. The summed E-state index contributed by atoms with van der Waals surface area (Å²) in [5.41, 5.74) is 18.4. The lowest BCUT2D eigenvalue weighted by molar-refractivity contribution is -0.149. The van der Waals surface area contributed by atoms with Crippen molar-refractivity contribution >= 4 is 39.8 Å². The topological polar surface area (TPSA) is 153 Å². The van der Waals surface area contributed by atoms with E-state index in [1.165, 1.54) is 38.3 Å². The monoisotopic (exact) mass is 749 g/mol. The van der Waals surface area contributed by atoms with E-state index in [1.54, 1.807) is 31.1 Å². The number of amides is 2. The van der Waals surface area contributed by atoms with Crippen molar-refractivity contribution in [2.45, 2.75) is 102 Å². The summed E-state index contributed by atoms with van der Waals surface area (Å²) in [6.45, 7) is 6.34.